The molecule has 0 amide bonds. The van der Waals surface area contributed by atoms with Gasteiger partial charge < -0.3 is 9.05 Å². The number of nitriles is 1. The summed E-state index contributed by atoms with van der Waals surface area (Å²) < 4.78 is 21.9. The Kier molecular flexibility index (Phi) is 6.14. The Morgan fingerprint density at radius 2 is 2.00 bits per heavy atom. The van der Waals surface area contributed by atoms with Gasteiger partial charge in [0.25, 0.3) is 0 Å². The Balaban J connectivity index is 4.98. The molecule has 0 bridgehead atoms. The van der Waals surface area contributed by atoms with Crippen LogP contribution >= 0.6 is 7.60 Å². The lowest BCUT2D eigenvalue weighted by atomic mass is 10.5. The van der Waals surface area contributed by atoms with Gasteiger partial charge >= 0.3 is 7.60 Å². The molecule has 0 aliphatic rings. The largest absolute Gasteiger partial charge is 0.371 e. The van der Waals surface area contributed by atoms with Crippen molar-refractivity contribution in [3.8, 4) is 6.07 Å². The van der Waals surface area contributed by atoms with Crippen LogP contribution < -0.4 is 0 Å². The topological polar surface area (TPSA) is 59.3 Å². The molecule has 78 valence electrons. The summed E-state index contributed by atoms with van der Waals surface area (Å²) in [6.45, 7) is 7.26. The highest BCUT2D eigenvalue weighted by atomic mass is 31.2. The highest BCUT2D eigenvalue weighted by Crippen LogP contribution is 2.55. The first kappa shape index (κ1) is 13.1. The Morgan fingerprint density at radius 1 is 1.50 bits per heavy atom. The van der Waals surface area contributed by atoms with Gasteiger partial charge in [-0.1, -0.05) is 12.7 Å². The Labute approximate surface area is 84.4 Å². The molecule has 0 spiro atoms. The lowest BCUT2D eigenvalue weighted by molar-refractivity contribution is 0.227. The van der Waals surface area contributed by atoms with Crippen molar-refractivity contribution in [1.29, 1.82) is 5.26 Å². The smallest absolute Gasteiger partial charge is 0.305 e. The van der Waals surface area contributed by atoms with Crippen molar-refractivity contribution in [3.63, 3.8) is 0 Å². The fraction of sp³-hybridized carbons (Fsp3) is 0.444. The maximum atomic E-state index is 12.0. The predicted molar refractivity (Wildman–Crippen MR) is 54.8 cm³/mol. The van der Waals surface area contributed by atoms with Crippen LogP contribution in [-0.2, 0) is 13.6 Å². The van der Waals surface area contributed by atoms with Gasteiger partial charge in [0.15, 0.2) is 0 Å². The number of hydrogen-bond donors (Lipinski definition) is 0. The molecule has 0 rings (SSSR count). The second-order valence-corrected chi connectivity index (χ2v) is 4.23. The molecule has 0 radical (unpaired) electrons. The lowest BCUT2D eigenvalue weighted by Crippen LogP contribution is -1.97. The number of hydrogen-bond acceptors (Lipinski definition) is 4. The van der Waals surface area contributed by atoms with E-state index in [9.17, 15) is 4.57 Å². The molecule has 0 fully saturated rings. The second-order valence-electron chi connectivity index (χ2n) is 2.23. The molecule has 4 nitrogen and oxygen atoms in total. The summed E-state index contributed by atoms with van der Waals surface area (Å²) in [5.41, 5.74) is 0. The minimum atomic E-state index is -3.42. The van der Waals surface area contributed by atoms with Crippen molar-refractivity contribution in [2.45, 2.75) is 13.8 Å². The van der Waals surface area contributed by atoms with E-state index in [-0.39, 0.29) is 18.5 Å². The van der Waals surface area contributed by atoms with Gasteiger partial charge in [0.05, 0.1) is 13.2 Å². The van der Waals surface area contributed by atoms with Crippen LogP contribution in [0.5, 0.6) is 0 Å². The summed E-state index contributed by atoms with van der Waals surface area (Å²) in [4.78, 5) is 0. The summed E-state index contributed by atoms with van der Waals surface area (Å²) >= 11 is 0. The molecule has 0 heterocycles. The van der Waals surface area contributed by atoms with Crippen LogP contribution in [0.4, 0.5) is 0 Å². The lowest BCUT2D eigenvalue weighted by Gasteiger charge is -2.15. The number of nitrogens with zero attached hydrogens (tertiary/aromatic N) is 1. The maximum Gasteiger partial charge on any atom is 0.371 e. The molecule has 0 saturated heterocycles. The van der Waals surface area contributed by atoms with Crippen LogP contribution in [0.15, 0.2) is 24.0 Å². The van der Waals surface area contributed by atoms with Crippen molar-refractivity contribution in [1.82, 2.24) is 0 Å². The molecular weight excluding hydrogens is 201 g/mol. The normalized spacial score (nSPS) is 12.2. The van der Waals surface area contributed by atoms with Gasteiger partial charge in [-0.3, -0.25) is 4.57 Å². The average Bonchev–Trinajstić information content (AvgIpc) is 2.14. The fourth-order valence-electron chi connectivity index (χ4n) is 0.818. The molecule has 5 heteroatoms. The molecule has 0 aromatic rings. The van der Waals surface area contributed by atoms with E-state index in [1.54, 1.807) is 19.9 Å². The zero-order valence-electron chi connectivity index (χ0n) is 8.40. The molecule has 0 unspecified atom stereocenters. The molecule has 0 saturated carbocycles. The van der Waals surface area contributed by atoms with Crippen LogP contribution in [-0.4, -0.2) is 13.2 Å². The average molecular weight is 215 g/mol. The Hall–Kier alpha value is -0.880. The Bertz CT molecular complexity index is 294. The third-order valence-electron chi connectivity index (χ3n) is 1.28. The molecule has 0 aliphatic carbocycles. The molecule has 0 aliphatic heterocycles. The number of allylic oxidation sites excluding steroid dienone is 3. The van der Waals surface area contributed by atoms with E-state index in [2.05, 4.69) is 6.58 Å². The first-order valence-corrected chi connectivity index (χ1v) is 5.81. The van der Waals surface area contributed by atoms with E-state index in [4.69, 9.17) is 14.3 Å². The summed E-state index contributed by atoms with van der Waals surface area (Å²) in [5.74, 6) is 0. The van der Waals surface area contributed by atoms with Gasteiger partial charge in [-0.25, -0.2) is 0 Å². The molecular formula is C9H14NO3P. The third kappa shape index (κ3) is 3.47. The first-order valence-electron chi connectivity index (χ1n) is 4.27. The van der Waals surface area contributed by atoms with E-state index in [0.29, 0.717) is 0 Å². The van der Waals surface area contributed by atoms with Crippen LogP contribution in [0, 0.1) is 11.3 Å². The molecule has 0 aromatic carbocycles. The summed E-state index contributed by atoms with van der Waals surface area (Å²) in [6.07, 6.45) is 2.72. The number of rotatable bonds is 6. The fourth-order valence-corrected chi connectivity index (χ4v) is 2.26. The van der Waals surface area contributed by atoms with Gasteiger partial charge in [0.2, 0.25) is 0 Å². The van der Waals surface area contributed by atoms with Gasteiger partial charge in [-0.15, -0.1) is 0 Å². The van der Waals surface area contributed by atoms with Crippen LogP contribution in [0.2, 0.25) is 0 Å². The Morgan fingerprint density at radius 3 is 2.29 bits per heavy atom. The zero-order valence-corrected chi connectivity index (χ0v) is 9.29. The minimum Gasteiger partial charge on any atom is -0.305 e. The van der Waals surface area contributed by atoms with Gasteiger partial charge in [0, 0.05) is 0 Å². The second kappa shape index (κ2) is 6.56. The van der Waals surface area contributed by atoms with Crippen molar-refractivity contribution < 1.29 is 13.6 Å². The quantitative estimate of drug-likeness (QED) is 0.388. The van der Waals surface area contributed by atoms with Gasteiger partial charge in [-0.2, -0.15) is 5.26 Å². The van der Waals surface area contributed by atoms with Crippen molar-refractivity contribution in [3.05, 3.63) is 24.0 Å². The van der Waals surface area contributed by atoms with E-state index < -0.39 is 7.60 Å². The summed E-state index contributed by atoms with van der Waals surface area (Å²) in [6, 6.07) is 1.79. The van der Waals surface area contributed by atoms with Crippen LogP contribution in [0.25, 0.3) is 0 Å². The molecule has 0 atom stereocenters. The van der Waals surface area contributed by atoms with E-state index >= 15 is 0 Å². The predicted octanol–water partition coefficient (Wildman–Crippen LogP) is 2.85. The minimum absolute atomic E-state index is 0.0174. The van der Waals surface area contributed by atoms with E-state index in [1.165, 1.54) is 12.2 Å². The highest BCUT2D eigenvalue weighted by Gasteiger charge is 2.29. The van der Waals surface area contributed by atoms with E-state index in [1.807, 2.05) is 0 Å². The highest BCUT2D eigenvalue weighted by molar-refractivity contribution is 7.58. The van der Waals surface area contributed by atoms with Crippen molar-refractivity contribution in [2.24, 2.45) is 0 Å². The van der Waals surface area contributed by atoms with Crippen molar-refractivity contribution in [2.75, 3.05) is 13.2 Å². The van der Waals surface area contributed by atoms with Crippen LogP contribution in [0.3, 0.4) is 0 Å². The van der Waals surface area contributed by atoms with Gasteiger partial charge in [-0.05, 0) is 19.9 Å². The molecule has 14 heavy (non-hydrogen) atoms. The van der Waals surface area contributed by atoms with Crippen LogP contribution in [0.1, 0.15) is 13.8 Å². The van der Waals surface area contributed by atoms with Crippen molar-refractivity contribution >= 4 is 7.60 Å². The monoisotopic (exact) mass is 215 g/mol. The standard InChI is InChI=1S/C9H14NO3P/c1-4-7-9(8-10)14(11,12-5-2)13-6-3/h4,7H,1,5-6H2,2-3H3. The SMILES string of the molecule is C=CC=C(C#N)P(=O)(OCC)OCC. The zero-order chi connectivity index (χ0) is 11.0. The summed E-state index contributed by atoms with van der Waals surface area (Å²) in [5, 5.41) is 8.73. The maximum absolute atomic E-state index is 12.0. The third-order valence-corrected chi connectivity index (χ3v) is 3.32. The first-order chi connectivity index (χ1) is 6.64. The summed E-state index contributed by atoms with van der Waals surface area (Å²) in [7, 11) is -3.42. The molecule has 0 N–H and O–H groups in total. The van der Waals surface area contributed by atoms with Gasteiger partial charge in [0.1, 0.15) is 11.4 Å². The molecule has 0 aromatic heterocycles. The van der Waals surface area contributed by atoms with E-state index in [0.717, 1.165) is 0 Å².